The fraction of sp³-hybridized carbons (Fsp3) is 0.550. The summed E-state index contributed by atoms with van der Waals surface area (Å²) in [6.45, 7) is 0.905. The van der Waals surface area contributed by atoms with Crippen LogP contribution in [0, 0.1) is 28.1 Å². The van der Waals surface area contributed by atoms with Gasteiger partial charge in [-0.2, -0.15) is 10.5 Å². The smallest absolute Gasteiger partial charge is 0.176 e. The quantitative estimate of drug-likeness (QED) is 0.723. The van der Waals surface area contributed by atoms with Crippen LogP contribution < -0.4 is 4.74 Å². The molecule has 0 aromatic heterocycles. The highest BCUT2D eigenvalue weighted by molar-refractivity contribution is 6.04. The van der Waals surface area contributed by atoms with E-state index in [-0.39, 0.29) is 24.7 Å². The zero-order valence-corrected chi connectivity index (χ0v) is 15.0. The molecule has 0 amide bonds. The van der Waals surface area contributed by atoms with Gasteiger partial charge in [-0.05, 0) is 58.5 Å². The van der Waals surface area contributed by atoms with Crippen LogP contribution in [0.4, 0.5) is 0 Å². The number of para-hydroxylation sites is 1. The molecule has 1 aliphatic heterocycles. The Morgan fingerprint density at radius 1 is 1.16 bits per heavy atom. The van der Waals surface area contributed by atoms with Crippen LogP contribution in [0.1, 0.15) is 48.9 Å². The van der Waals surface area contributed by atoms with Crippen molar-refractivity contribution in [2.45, 2.75) is 44.6 Å². The predicted octanol–water partition coefficient (Wildman–Crippen LogP) is 3.57. The van der Waals surface area contributed by atoms with E-state index >= 15 is 0 Å². The van der Waals surface area contributed by atoms with Crippen molar-refractivity contribution >= 4 is 5.78 Å². The Morgan fingerprint density at radius 3 is 2.40 bits per heavy atom. The molecule has 1 atom stereocenters. The van der Waals surface area contributed by atoms with E-state index in [1.807, 2.05) is 32.3 Å². The van der Waals surface area contributed by atoms with Gasteiger partial charge in [0.15, 0.2) is 5.78 Å². The number of ether oxygens (including phenoxy) is 1. The highest BCUT2D eigenvalue weighted by Gasteiger charge is 2.50. The average molecular weight is 339 g/mol. The van der Waals surface area contributed by atoms with Crippen LogP contribution in [0.5, 0.6) is 5.75 Å². The van der Waals surface area contributed by atoms with Crippen LogP contribution in [0.25, 0.3) is 0 Å². The first-order valence-electron chi connectivity index (χ1n) is 8.74. The molecule has 0 fully saturated rings. The number of Topliss-reactive ketones (excluding diaryl/α,β-unsaturated/α-hetero) is 1. The van der Waals surface area contributed by atoms with E-state index in [1.54, 1.807) is 6.07 Å². The monoisotopic (exact) mass is 339 g/mol. The third-order valence-corrected chi connectivity index (χ3v) is 4.91. The Bertz CT molecular complexity index is 667. The van der Waals surface area contributed by atoms with Crippen LogP contribution in [-0.4, -0.2) is 37.4 Å². The summed E-state index contributed by atoms with van der Waals surface area (Å²) in [4.78, 5) is 15.5. The number of benzene rings is 1. The van der Waals surface area contributed by atoms with Crippen molar-refractivity contribution in [3.8, 4) is 17.9 Å². The number of nitriles is 2. The number of hydrogen-bond donors (Lipinski definition) is 0. The molecule has 0 bridgehead atoms. The molecular formula is C20H25N3O2. The maximum absolute atomic E-state index is 13.3. The molecule has 2 rings (SSSR count). The van der Waals surface area contributed by atoms with Crippen molar-refractivity contribution in [3.63, 3.8) is 0 Å². The maximum atomic E-state index is 13.3. The molecule has 1 aromatic rings. The van der Waals surface area contributed by atoms with Crippen LogP contribution in [0.3, 0.4) is 0 Å². The molecule has 0 saturated heterocycles. The molecule has 5 heteroatoms. The fourth-order valence-corrected chi connectivity index (χ4v) is 3.60. The van der Waals surface area contributed by atoms with Gasteiger partial charge >= 0.3 is 0 Å². The normalized spacial score (nSPS) is 18.1. The highest BCUT2D eigenvalue weighted by Crippen LogP contribution is 2.46. The SMILES string of the molecule is CN(C)CCCC1Oc2ccccc2C(=O)C1(CCC#N)CCC#N. The number of fused-ring (bicyclic) bond motifs is 1. The lowest BCUT2D eigenvalue weighted by Crippen LogP contribution is -2.49. The lowest BCUT2D eigenvalue weighted by atomic mass is 9.66. The van der Waals surface area contributed by atoms with Gasteiger partial charge in [0.2, 0.25) is 0 Å². The largest absolute Gasteiger partial charge is 0.489 e. The van der Waals surface area contributed by atoms with Crippen LogP contribution in [-0.2, 0) is 0 Å². The Labute approximate surface area is 149 Å². The molecule has 0 spiro atoms. The van der Waals surface area contributed by atoms with Gasteiger partial charge in [-0.1, -0.05) is 12.1 Å². The third-order valence-electron chi connectivity index (χ3n) is 4.91. The highest BCUT2D eigenvalue weighted by atomic mass is 16.5. The molecule has 5 nitrogen and oxygen atoms in total. The Balaban J connectivity index is 2.38. The van der Waals surface area contributed by atoms with Gasteiger partial charge in [0.25, 0.3) is 0 Å². The molecule has 1 heterocycles. The molecule has 25 heavy (non-hydrogen) atoms. The lowest BCUT2D eigenvalue weighted by Gasteiger charge is -2.43. The summed E-state index contributed by atoms with van der Waals surface area (Å²) in [7, 11) is 4.03. The van der Waals surface area contributed by atoms with E-state index in [0.717, 1.165) is 19.4 Å². The van der Waals surface area contributed by atoms with Gasteiger partial charge in [-0.25, -0.2) is 0 Å². The summed E-state index contributed by atoms with van der Waals surface area (Å²) in [6, 6.07) is 11.6. The summed E-state index contributed by atoms with van der Waals surface area (Å²) < 4.78 is 6.24. The van der Waals surface area contributed by atoms with Gasteiger partial charge < -0.3 is 9.64 Å². The molecule has 0 saturated carbocycles. The number of nitrogens with zero attached hydrogens (tertiary/aromatic N) is 3. The number of rotatable bonds is 8. The van der Waals surface area contributed by atoms with E-state index in [4.69, 9.17) is 15.3 Å². The minimum atomic E-state index is -0.786. The second-order valence-corrected chi connectivity index (χ2v) is 6.85. The van der Waals surface area contributed by atoms with E-state index in [2.05, 4.69) is 17.0 Å². The third kappa shape index (κ3) is 4.18. The standard InChI is InChI=1S/C20H25N3O2/c1-23(2)15-5-10-18-20(11-6-13-21,12-7-14-22)19(24)16-8-3-4-9-17(16)25-18/h3-4,8-9,18H,5-7,10-12,15H2,1-2H3. The van der Waals surface area contributed by atoms with Crippen molar-refractivity contribution in [2.24, 2.45) is 5.41 Å². The summed E-state index contributed by atoms with van der Waals surface area (Å²) >= 11 is 0. The topological polar surface area (TPSA) is 77.1 Å². The number of ketones is 1. The van der Waals surface area contributed by atoms with Gasteiger partial charge in [-0.3, -0.25) is 4.79 Å². The van der Waals surface area contributed by atoms with Crippen molar-refractivity contribution in [3.05, 3.63) is 29.8 Å². The molecule has 0 N–H and O–H groups in total. The van der Waals surface area contributed by atoms with Gasteiger partial charge in [0.1, 0.15) is 11.9 Å². The van der Waals surface area contributed by atoms with Crippen molar-refractivity contribution in [1.29, 1.82) is 10.5 Å². The van der Waals surface area contributed by atoms with E-state index in [1.165, 1.54) is 0 Å². The summed E-state index contributed by atoms with van der Waals surface area (Å²) in [5.74, 6) is 0.640. The molecule has 1 aromatic carbocycles. The molecular weight excluding hydrogens is 314 g/mol. The van der Waals surface area contributed by atoms with Crippen molar-refractivity contribution in [1.82, 2.24) is 4.90 Å². The zero-order valence-electron chi connectivity index (χ0n) is 15.0. The van der Waals surface area contributed by atoms with Gasteiger partial charge in [-0.15, -0.1) is 0 Å². The number of carbonyl (C=O) groups excluding carboxylic acids is 1. The second kappa shape index (κ2) is 8.65. The van der Waals surface area contributed by atoms with Gasteiger partial charge in [0.05, 0.1) is 23.1 Å². The first-order chi connectivity index (χ1) is 12.0. The summed E-state index contributed by atoms with van der Waals surface area (Å²) in [5.41, 5.74) is -0.214. The first-order valence-corrected chi connectivity index (χ1v) is 8.74. The number of carbonyl (C=O) groups is 1. The average Bonchev–Trinajstić information content (AvgIpc) is 2.61. The molecule has 0 radical (unpaired) electrons. The van der Waals surface area contributed by atoms with Crippen LogP contribution in [0.15, 0.2) is 24.3 Å². The molecule has 0 aliphatic carbocycles. The number of hydrogen-bond acceptors (Lipinski definition) is 5. The minimum absolute atomic E-state index is 0.0229. The van der Waals surface area contributed by atoms with Crippen LogP contribution >= 0.6 is 0 Å². The van der Waals surface area contributed by atoms with E-state index < -0.39 is 5.41 Å². The maximum Gasteiger partial charge on any atom is 0.176 e. The van der Waals surface area contributed by atoms with Crippen LogP contribution in [0.2, 0.25) is 0 Å². The van der Waals surface area contributed by atoms with Crippen molar-refractivity contribution < 1.29 is 9.53 Å². The van der Waals surface area contributed by atoms with Gasteiger partial charge in [0, 0.05) is 12.8 Å². The Hall–Kier alpha value is -2.37. The van der Waals surface area contributed by atoms with Crippen molar-refractivity contribution in [2.75, 3.05) is 20.6 Å². The molecule has 132 valence electrons. The fourth-order valence-electron chi connectivity index (χ4n) is 3.60. The molecule has 1 aliphatic rings. The predicted molar refractivity (Wildman–Crippen MR) is 95.1 cm³/mol. The van der Waals surface area contributed by atoms with E-state index in [0.29, 0.717) is 24.2 Å². The summed E-state index contributed by atoms with van der Waals surface area (Å²) in [6.07, 6.45) is 2.77. The zero-order chi connectivity index (χ0) is 18.3. The first kappa shape index (κ1) is 19.0. The molecule has 1 unspecified atom stereocenters. The lowest BCUT2D eigenvalue weighted by molar-refractivity contribution is 0.0130. The second-order valence-electron chi connectivity index (χ2n) is 6.85. The summed E-state index contributed by atoms with van der Waals surface area (Å²) in [5, 5.41) is 18.2. The Kier molecular flexibility index (Phi) is 6.56. The Morgan fingerprint density at radius 2 is 1.80 bits per heavy atom. The van der Waals surface area contributed by atoms with E-state index in [9.17, 15) is 4.79 Å². The minimum Gasteiger partial charge on any atom is -0.489 e.